The Morgan fingerprint density at radius 1 is 1.00 bits per heavy atom. The summed E-state index contributed by atoms with van der Waals surface area (Å²) >= 11 is 8.33. The minimum absolute atomic E-state index is 0.371. The van der Waals surface area contributed by atoms with Gasteiger partial charge in [-0.05, 0) is 100 Å². The van der Waals surface area contributed by atoms with Crippen molar-refractivity contribution in [1.29, 1.82) is 0 Å². The highest BCUT2D eigenvalue weighted by molar-refractivity contribution is 14.1. The average Bonchev–Trinajstić information content (AvgIpc) is 2.72. The van der Waals surface area contributed by atoms with Gasteiger partial charge in [0.05, 0.1) is 0 Å². The molecule has 0 fully saturated rings. The van der Waals surface area contributed by atoms with Gasteiger partial charge in [-0.25, -0.2) is 4.79 Å². The molecule has 0 aliphatic heterocycles. The Kier molecular flexibility index (Phi) is 7.76. The Morgan fingerprint density at radius 2 is 1.63 bits per heavy atom. The first kappa shape index (κ1) is 22.2. The minimum atomic E-state index is -1.01. The van der Waals surface area contributed by atoms with Gasteiger partial charge in [0.2, 0.25) is 0 Å². The van der Waals surface area contributed by atoms with E-state index in [4.69, 9.17) is 26.2 Å². The van der Waals surface area contributed by atoms with Crippen LogP contribution in [0.3, 0.4) is 0 Å². The van der Waals surface area contributed by atoms with Crippen molar-refractivity contribution in [1.82, 2.24) is 0 Å². The third-order valence-corrected chi connectivity index (χ3v) is 5.32. The zero-order chi connectivity index (χ0) is 21.5. The second-order valence-corrected chi connectivity index (χ2v) is 8.23. The number of aliphatic carboxylic acids is 1. The maximum Gasteiger partial charge on any atom is 0.341 e. The van der Waals surface area contributed by atoms with Crippen molar-refractivity contribution in [2.24, 2.45) is 0 Å². The number of aryl methyl sites for hydroxylation is 1. The molecule has 3 rings (SSSR count). The molecule has 0 saturated heterocycles. The van der Waals surface area contributed by atoms with Crippen LogP contribution in [-0.2, 0) is 4.79 Å². The van der Waals surface area contributed by atoms with Gasteiger partial charge in [-0.1, -0.05) is 35.9 Å². The normalized spacial score (nSPS) is 11.2. The number of carboxylic acids is 1. The highest BCUT2D eigenvalue weighted by Crippen LogP contribution is 2.27. The Balaban J connectivity index is 1.77. The first-order chi connectivity index (χ1) is 14.4. The molecule has 0 spiro atoms. The predicted molar refractivity (Wildman–Crippen MR) is 127 cm³/mol. The van der Waals surface area contributed by atoms with Crippen molar-refractivity contribution in [2.45, 2.75) is 6.92 Å². The van der Waals surface area contributed by atoms with Gasteiger partial charge in [0, 0.05) is 8.59 Å². The molecule has 154 valence electrons. The summed E-state index contributed by atoms with van der Waals surface area (Å²) in [7, 11) is 0. The standard InChI is InChI=1S/C24H20ClIO4/c1-16-14-21(10-11-23(16)30-15-24(27)28)29-13-12-22(17-2-6-19(25)7-3-17)18-4-8-20(26)9-5-18/h2-12,14H,13,15H2,1H3,(H,27,28)/b22-12+. The highest BCUT2D eigenvalue weighted by atomic mass is 127. The number of halogens is 2. The van der Waals surface area contributed by atoms with Gasteiger partial charge in [0.15, 0.2) is 6.61 Å². The first-order valence-corrected chi connectivity index (χ1v) is 10.7. The Hall–Kier alpha value is -2.51. The molecule has 0 heterocycles. The van der Waals surface area contributed by atoms with Crippen LogP contribution in [0, 0.1) is 10.5 Å². The lowest BCUT2D eigenvalue weighted by Crippen LogP contribution is -2.10. The van der Waals surface area contributed by atoms with E-state index < -0.39 is 5.97 Å². The zero-order valence-electron chi connectivity index (χ0n) is 16.3. The van der Waals surface area contributed by atoms with E-state index >= 15 is 0 Å². The van der Waals surface area contributed by atoms with Crippen LogP contribution in [0.4, 0.5) is 0 Å². The maximum atomic E-state index is 10.7. The molecule has 0 bridgehead atoms. The van der Waals surface area contributed by atoms with Crippen LogP contribution >= 0.6 is 34.2 Å². The predicted octanol–water partition coefficient (Wildman–Crippen LogP) is 6.23. The summed E-state index contributed by atoms with van der Waals surface area (Å²) in [6.07, 6.45) is 2.04. The highest BCUT2D eigenvalue weighted by Gasteiger charge is 2.07. The molecule has 30 heavy (non-hydrogen) atoms. The Labute approximate surface area is 194 Å². The van der Waals surface area contributed by atoms with E-state index in [1.807, 2.05) is 43.3 Å². The molecular formula is C24H20ClIO4. The molecule has 0 aliphatic carbocycles. The number of hydrogen-bond donors (Lipinski definition) is 1. The zero-order valence-corrected chi connectivity index (χ0v) is 19.2. The molecular weight excluding hydrogens is 515 g/mol. The number of benzene rings is 3. The van der Waals surface area contributed by atoms with Gasteiger partial charge in [0.1, 0.15) is 18.1 Å². The van der Waals surface area contributed by atoms with E-state index in [-0.39, 0.29) is 6.61 Å². The topological polar surface area (TPSA) is 55.8 Å². The Bertz CT molecular complexity index is 996. The first-order valence-electron chi connectivity index (χ1n) is 9.22. The molecule has 0 atom stereocenters. The van der Waals surface area contributed by atoms with Crippen LogP contribution in [-0.4, -0.2) is 24.3 Å². The molecule has 0 aliphatic rings. The second-order valence-electron chi connectivity index (χ2n) is 6.55. The fourth-order valence-electron chi connectivity index (χ4n) is 2.90. The van der Waals surface area contributed by atoms with Gasteiger partial charge < -0.3 is 14.6 Å². The smallest absolute Gasteiger partial charge is 0.341 e. The number of hydrogen-bond acceptors (Lipinski definition) is 3. The summed E-state index contributed by atoms with van der Waals surface area (Å²) in [5, 5.41) is 9.44. The molecule has 4 nitrogen and oxygen atoms in total. The summed E-state index contributed by atoms with van der Waals surface area (Å²) in [6.45, 7) is 1.85. The van der Waals surface area contributed by atoms with Crippen LogP contribution < -0.4 is 9.47 Å². The van der Waals surface area contributed by atoms with E-state index in [0.29, 0.717) is 23.1 Å². The summed E-state index contributed by atoms with van der Waals surface area (Å²) in [4.78, 5) is 10.7. The van der Waals surface area contributed by atoms with Gasteiger partial charge in [-0.15, -0.1) is 0 Å². The number of rotatable bonds is 8. The molecule has 0 amide bonds. The Morgan fingerprint density at radius 3 is 2.23 bits per heavy atom. The molecule has 0 unspecified atom stereocenters. The van der Waals surface area contributed by atoms with Crippen LogP contribution in [0.5, 0.6) is 11.5 Å². The third-order valence-electron chi connectivity index (χ3n) is 4.35. The van der Waals surface area contributed by atoms with Crippen molar-refractivity contribution in [3.05, 3.63) is 98.1 Å². The summed E-state index contributed by atoms with van der Waals surface area (Å²) in [5.74, 6) is 0.204. The van der Waals surface area contributed by atoms with Gasteiger partial charge >= 0.3 is 5.97 Å². The monoisotopic (exact) mass is 534 g/mol. The van der Waals surface area contributed by atoms with Crippen molar-refractivity contribution in [3.63, 3.8) is 0 Å². The lowest BCUT2D eigenvalue weighted by atomic mass is 9.98. The maximum absolute atomic E-state index is 10.7. The van der Waals surface area contributed by atoms with Crippen molar-refractivity contribution in [2.75, 3.05) is 13.2 Å². The lowest BCUT2D eigenvalue weighted by Gasteiger charge is -2.12. The number of carbonyl (C=O) groups is 1. The number of carboxylic acid groups (broad SMARTS) is 1. The fraction of sp³-hybridized carbons (Fsp3) is 0.125. The van der Waals surface area contributed by atoms with Crippen LogP contribution in [0.25, 0.3) is 5.57 Å². The van der Waals surface area contributed by atoms with Gasteiger partial charge in [-0.2, -0.15) is 0 Å². The third kappa shape index (κ3) is 6.24. The molecule has 3 aromatic rings. The lowest BCUT2D eigenvalue weighted by molar-refractivity contribution is -0.139. The summed E-state index contributed by atoms with van der Waals surface area (Å²) in [5.41, 5.74) is 4.02. The second kappa shape index (κ2) is 10.5. The average molecular weight is 535 g/mol. The van der Waals surface area contributed by atoms with Crippen LogP contribution in [0.15, 0.2) is 72.8 Å². The van der Waals surface area contributed by atoms with E-state index in [9.17, 15) is 4.79 Å². The van der Waals surface area contributed by atoms with Crippen LogP contribution in [0.1, 0.15) is 16.7 Å². The summed E-state index contributed by atoms with van der Waals surface area (Å²) in [6, 6.07) is 21.4. The molecule has 0 radical (unpaired) electrons. The van der Waals surface area contributed by atoms with Gasteiger partial charge in [0.25, 0.3) is 0 Å². The molecule has 0 saturated carbocycles. The van der Waals surface area contributed by atoms with Crippen molar-refractivity contribution < 1.29 is 19.4 Å². The van der Waals surface area contributed by atoms with Gasteiger partial charge in [-0.3, -0.25) is 0 Å². The van der Waals surface area contributed by atoms with E-state index in [2.05, 4.69) is 46.9 Å². The van der Waals surface area contributed by atoms with E-state index in [0.717, 1.165) is 22.3 Å². The van der Waals surface area contributed by atoms with E-state index in [1.165, 1.54) is 3.57 Å². The minimum Gasteiger partial charge on any atom is -0.489 e. The molecule has 3 aromatic carbocycles. The van der Waals surface area contributed by atoms with Crippen molar-refractivity contribution >= 4 is 45.7 Å². The van der Waals surface area contributed by atoms with Crippen LogP contribution in [0.2, 0.25) is 5.02 Å². The SMILES string of the molecule is Cc1cc(OC/C=C(\c2ccc(Cl)cc2)c2ccc(I)cc2)ccc1OCC(=O)O. The summed E-state index contributed by atoms with van der Waals surface area (Å²) < 4.78 is 12.3. The molecule has 1 N–H and O–H groups in total. The fourth-order valence-corrected chi connectivity index (χ4v) is 3.38. The van der Waals surface area contributed by atoms with E-state index in [1.54, 1.807) is 12.1 Å². The molecule has 6 heteroatoms. The number of ether oxygens (including phenoxy) is 2. The largest absolute Gasteiger partial charge is 0.489 e. The van der Waals surface area contributed by atoms with Crippen molar-refractivity contribution in [3.8, 4) is 11.5 Å². The quantitative estimate of drug-likeness (QED) is 0.348. The molecule has 0 aromatic heterocycles.